The summed E-state index contributed by atoms with van der Waals surface area (Å²) >= 11 is 0. The number of carbonyl (C=O) groups excluding carboxylic acids is 1. The van der Waals surface area contributed by atoms with Crippen LogP contribution in [0.25, 0.3) is 10.8 Å². The molecule has 1 amide bonds. The normalized spacial score (nSPS) is 22.8. The molecule has 7 rings (SSSR count). The largest absolute Gasteiger partial charge is 0.508 e. The van der Waals surface area contributed by atoms with E-state index in [9.17, 15) is 23.1 Å². The van der Waals surface area contributed by atoms with Crippen molar-refractivity contribution in [3.05, 3.63) is 83.9 Å². The van der Waals surface area contributed by atoms with Gasteiger partial charge in [-0.15, -0.1) is 6.42 Å². The van der Waals surface area contributed by atoms with Crippen molar-refractivity contribution in [2.45, 2.75) is 56.5 Å². The number of carbonyl (C=O) groups is 1. The smallest absolute Gasteiger partial charge is 0.322 e. The Balaban J connectivity index is 1.26. The number of nitrogens with zero attached hydrogens (tertiary/aromatic N) is 4. The zero-order valence-corrected chi connectivity index (χ0v) is 28.6. The summed E-state index contributed by atoms with van der Waals surface area (Å²) in [5, 5.41) is 14.5. The maximum atomic E-state index is 15.0. The molecule has 0 radical (unpaired) electrons. The van der Waals surface area contributed by atoms with E-state index in [1.54, 1.807) is 12.1 Å². The minimum atomic E-state index is -1.15. The van der Waals surface area contributed by atoms with Gasteiger partial charge in [-0.1, -0.05) is 18.6 Å². The number of benzene rings is 3. The van der Waals surface area contributed by atoms with E-state index in [4.69, 9.17) is 25.6 Å². The van der Waals surface area contributed by atoms with Crippen LogP contribution in [-0.4, -0.2) is 71.6 Å². The highest BCUT2D eigenvalue weighted by atomic mass is 19.1. The average Bonchev–Trinajstić information content (AvgIpc) is 3.27. The molecule has 2 N–H and O–H groups in total. The lowest BCUT2D eigenvalue weighted by Crippen LogP contribution is -2.46. The Labute approximate surface area is 299 Å². The van der Waals surface area contributed by atoms with Crippen LogP contribution in [0.5, 0.6) is 23.4 Å². The molecule has 4 aromatic rings. The van der Waals surface area contributed by atoms with Gasteiger partial charge in [-0.3, -0.25) is 4.79 Å². The highest BCUT2D eigenvalue weighted by Crippen LogP contribution is 2.45. The van der Waals surface area contributed by atoms with Gasteiger partial charge in [0.2, 0.25) is 11.7 Å². The summed E-state index contributed by atoms with van der Waals surface area (Å²) in [6.45, 7) is 6.45. The van der Waals surface area contributed by atoms with Crippen molar-refractivity contribution in [1.29, 1.82) is 0 Å². The van der Waals surface area contributed by atoms with E-state index in [0.717, 1.165) is 19.3 Å². The quantitative estimate of drug-likeness (QED) is 0.164. The first-order valence-corrected chi connectivity index (χ1v) is 17.2. The van der Waals surface area contributed by atoms with E-state index >= 15 is 0 Å². The van der Waals surface area contributed by atoms with Gasteiger partial charge in [-0.25, -0.2) is 13.2 Å². The topological polar surface area (TPSA) is 109 Å². The minimum absolute atomic E-state index is 0.0205. The Morgan fingerprint density at radius 2 is 2.00 bits per heavy atom. The number of anilines is 2. The second-order valence-corrected chi connectivity index (χ2v) is 13.6. The third kappa shape index (κ3) is 6.85. The standard InChI is InChI=1S/C39H38F3N5O5/c1-4-29-31(42)14-9-23-16-28(48)17-30(34(23)29)32-21-50-35-36(46-15-7-6-8-26(20-46)43-33(49)5-2)44-38(45-37(35)52-32)51-22-39(3)18-25(41)19-47(39)27-12-10-24(40)11-13-27/h1,5,9-14,16-17,25-26,32,48H,2,6-8,15,18-22H2,3H3,(H,43,49)/t25-,26?,32?,39+/m1/s1. The number of fused-ring (bicyclic) bond motifs is 2. The summed E-state index contributed by atoms with van der Waals surface area (Å²) < 4.78 is 62.7. The molecule has 3 aromatic carbocycles. The number of aromatic nitrogens is 2. The number of terminal acetylenes is 1. The zero-order valence-electron chi connectivity index (χ0n) is 28.6. The Kier molecular flexibility index (Phi) is 9.48. The molecule has 13 heteroatoms. The fraction of sp³-hybridized carbons (Fsp3) is 0.359. The first kappa shape index (κ1) is 34.8. The number of nitrogens with one attached hydrogen (secondary N) is 1. The molecular weight excluding hydrogens is 675 g/mol. The van der Waals surface area contributed by atoms with Crippen LogP contribution in [-0.2, 0) is 4.79 Å². The first-order chi connectivity index (χ1) is 25.0. The number of alkyl halides is 1. The minimum Gasteiger partial charge on any atom is -0.508 e. The Morgan fingerprint density at radius 1 is 1.19 bits per heavy atom. The molecule has 52 heavy (non-hydrogen) atoms. The van der Waals surface area contributed by atoms with Crippen LogP contribution in [0, 0.1) is 24.0 Å². The zero-order chi connectivity index (χ0) is 36.6. The number of halogens is 3. The molecule has 2 saturated heterocycles. The Hall–Kier alpha value is -5.64. The van der Waals surface area contributed by atoms with E-state index in [1.807, 2.05) is 16.7 Å². The van der Waals surface area contributed by atoms with Gasteiger partial charge in [-0.05, 0) is 80.1 Å². The summed E-state index contributed by atoms with van der Waals surface area (Å²) in [5.74, 6) is 1.74. The van der Waals surface area contributed by atoms with Crippen molar-refractivity contribution >= 4 is 28.2 Å². The third-order valence-corrected chi connectivity index (χ3v) is 9.85. The molecule has 3 aliphatic heterocycles. The fourth-order valence-corrected chi connectivity index (χ4v) is 7.40. The van der Waals surface area contributed by atoms with E-state index in [-0.39, 0.29) is 67.1 Å². The van der Waals surface area contributed by atoms with Crippen LogP contribution in [0.3, 0.4) is 0 Å². The van der Waals surface area contributed by atoms with Gasteiger partial charge in [0.05, 0.1) is 11.1 Å². The second-order valence-electron chi connectivity index (χ2n) is 13.6. The lowest BCUT2D eigenvalue weighted by Gasteiger charge is -2.36. The molecule has 10 nitrogen and oxygen atoms in total. The Bertz CT molecular complexity index is 2060. The van der Waals surface area contributed by atoms with Crippen molar-refractivity contribution in [2.24, 2.45) is 0 Å². The van der Waals surface area contributed by atoms with Crippen LogP contribution in [0.1, 0.15) is 49.8 Å². The van der Waals surface area contributed by atoms with E-state index < -0.39 is 29.4 Å². The fourth-order valence-electron chi connectivity index (χ4n) is 7.40. The summed E-state index contributed by atoms with van der Waals surface area (Å²) in [7, 11) is 0. The van der Waals surface area contributed by atoms with E-state index in [2.05, 4.69) is 22.8 Å². The predicted octanol–water partition coefficient (Wildman–Crippen LogP) is 6.15. The Morgan fingerprint density at radius 3 is 2.77 bits per heavy atom. The van der Waals surface area contributed by atoms with Crippen molar-refractivity contribution in [2.75, 3.05) is 42.6 Å². The number of ether oxygens (including phenoxy) is 3. The van der Waals surface area contributed by atoms with Crippen molar-refractivity contribution in [3.63, 3.8) is 0 Å². The maximum Gasteiger partial charge on any atom is 0.322 e. The summed E-state index contributed by atoms with van der Waals surface area (Å²) in [5.41, 5.74) is 0.237. The molecule has 0 bridgehead atoms. The molecule has 0 spiro atoms. The van der Waals surface area contributed by atoms with Crippen LogP contribution >= 0.6 is 0 Å². The molecule has 0 saturated carbocycles. The van der Waals surface area contributed by atoms with Crippen molar-refractivity contribution < 1.29 is 37.3 Å². The summed E-state index contributed by atoms with van der Waals surface area (Å²) in [6, 6.07) is 11.3. The van der Waals surface area contributed by atoms with Gasteiger partial charge in [0.1, 0.15) is 36.8 Å². The molecule has 2 fully saturated rings. The molecule has 3 aliphatic rings. The third-order valence-electron chi connectivity index (χ3n) is 9.85. The molecule has 0 aliphatic carbocycles. The summed E-state index contributed by atoms with van der Waals surface area (Å²) in [4.78, 5) is 25.5. The monoisotopic (exact) mass is 713 g/mol. The number of phenolic OH excluding ortho intramolecular Hbond substituents is 1. The van der Waals surface area contributed by atoms with Crippen molar-refractivity contribution in [1.82, 2.24) is 15.3 Å². The molecule has 1 aromatic heterocycles. The van der Waals surface area contributed by atoms with Gasteiger partial charge in [0, 0.05) is 48.7 Å². The van der Waals surface area contributed by atoms with Gasteiger partial charge in [0.25, 0.3) is 5.88 Å². The number of hydrogen-bond donors (Lipinski definition) is 2. The maximum absolute atomic E-state index is 15.0. The number of rotatable bonds is 8. The number of hydrogen-bond acceptors (Lipinski definition) is 9. The van der Waals surface area contributed by atoms with Gasteiger partial charge in [-0.2, -0.15) is 9.97 Å². The van der Waals surface area contributed by atoms with Gasteiger partial charge in [0.15, 0.2) is 11.9 Å². The van der Waals surface area contributed by atoms with Crippen LogP contribution < -0.4 is 29.3 Å². The van der Waals surface area contributed by atoms with Crippen molar-refractivity contribution in [3.8, 4) is 35.7 Å². The highest BCUT2D eigenvalue weighted by molar-refractivity contribution is 5.93. The van der Waals surface area contributed by atoms with Gasteiger partial charge >= 0.3 is 6.01 Å². The average molecular weight is 714 g/mol. The predicted molar refractivity (Wildman–Crippen MR) is 190 cm³/mol. The van der Waals surface area contributed by atoms with Crippen LogP contribution in [0.4, 0.5) is 24.7 Å². The van der Waals surface area contributed by atoms with Crippen LogP contribution in [0.15, 0.2) is 61.2 Å². The SMILES string of the molecule is C#Cc1c(F)ccc2cc(O)cc(C3COc4c(nc(OC[C@]5(C)C[C@@H](F)CN5c5ccc(F)cc5)nc4N4CCCCC(NC(=O)C=C)C4)O3)c12. The molecular formula is C39H38F3N5O5. The van der Waals surface area contributed by atoms with Crippen LogP contribution in [0.2, 0.25) is 0 Å². The molecule has 4 atom stereocenters. The van der Waals surface area contributed by atoms with E-state index in [1.165, 1.54) is 42.5 Å². The number of phenols is 1. The first-order valence-electron chi connectivity index (χ1n) is 17.2. The van der Waals surface area contributed by atoms with Gasteiger partial charge < -0.3 is 34.4 Å². The molecule has 4 heterocycles. The highest BCUT2D eigenvalue weighted by Gasteiger charge is 2.44. The lowest BCUT2D eigenvalue weighted by molar-refractivity contribution is -0.117. The summed E-state index contributed by atoms with van der Waals surface area (Å²) in [6.07, 6.45) is 7.50. The number of aromatic hydroxyl groups is 1. The van der Waals surface area contributed by atoms with E-state index in [0.29, 0.717) is 40.9 Å². The lowest BCUT2D eigenvalue weighted by atomic mass is 9.95. The molecule has 2 unspecified atom stereocenters. The molecule has 270 valence electrons. The second kappa shape index (κ2) is 14.2. The number of amides is 1.